The average molecular weight is 316 g/mol. The van der Waals surface area contributed by atoms with Gasteiger partial charge in [0.1, 0.15) is 0 Å². The first-order valence-electron chi connectivity index (χ1n) is 8.92. The predicted octanol–water partition coefficient (Wildman–Crippen LogP) is 5.20. The molecule has 0 aliphatic carbocycles. The van der Waals surface area contributed by atoms with Gasteiger partial charge < -0.3 is 4.74 Å². The first-order chi connectivity index (χ1) is 10.5. The lowest BCUT2D eigenvalue weighted by molar-refractivity contribution is -0.348. The van der Waals surface area contributed by atoms with E-state index in [9.17, 15) is 4.79 Å². The maximum atomic E-state index is 11.3. The summed E-state index contributed by atoms with van der Waals surface area (Å²) < 4.78 is 5.17. The van der Waals surface area contributed by atoms with Crippen molar-refractivity contribution >= 4 is 5.97 Å². The molecule has 0 saturated heterocycles. The highest BCUT2D eigenvalue weighted by atomic mass is 17.2. The molecular formula is C18H36O4. The highest BCUT2D eigenvalue weighted by molar-refractivity contribution is 5.69. The van der Waals surface area contributed by atoms with Crippen molar-refractivity contribution in [3.63, 3.8) is 0 Å². The first kappa shape index (κ1) is 21.4. The Kier molecular flexibility index (Phi) is 13.6. The molecule has 0 fully saturated rings. The van der Waals surface area contributed by atoms with E-state index in [1.807, 2.05) is 20.8 Å². The molecule has 22 heavy (non-hydrogen) atoms. The van der Waals surface area contributed by atoms with Crippen LogP contribution < -0.4 is 0 Å². The molecular weight excluding hydrogens is 280 g/mol. The van der Waals surface area contributed by atoms with Crippen LogP contribution in [0.15, 0.2) is 0 Å². The van der Waals surface area contributed by atoms with Crippen LogP contribution in [-0.4, -0.2) is 24.8 Å². The van der Waals surface area contributed by atoms with Crippen molar-refractivity contribution in [1.29, 1.82) is 0 Å². The van der Waals surface area contributed by atoms with E-state index in [0.29, 0.717) is 19.6 Å². The van der Waals surface area contributed by atoms with Crippen LogP contribution in [0.2, 0.25) is 0 Å². The van der Waals surface area contributed by atoms with Gasteiger partial charge in [-0.25, -0.2) is 9.78 Å². The maximum Gasteiger partial charge on any atom is 0.305 e. The van der Waals surface area contributed by atoms with Gasteiger partial charge in [0.25, 0.3) is 0 Å². The molecule has 4 heteroatoms. The fourth-order valence-corrected chi connectivity index (χ4v) is 1.94. The quantitative estimate of drug-likeness (QED) is 0.191. The SMILES string of the molecule is CCCCC(=O)OCCCCCCCCCOOC(C)(C)C. The summed E-state index contributed by atoms with van der Waals surface area (Å²) in [6, 6.07) is 0. The number of unbranched alkanes of at least 4 members (excludes halogenated alkanes) is 7. The molecule has 0 rings (SSSR count). The number of carbonyl (C=O) groups is 1. The molecule has 0 saturated carbocycles. The summed E-state index contributed by atoms with van der Waals surface area (Å²) in [6.45, 7) is 9.28. The summed E-state index contributed by atoms with van der Waals surface area (Å²) in [5, 5.41) is 0. The number of hydrogen-bond acceptors (Lipinski definition) is 4. The Hall–Kier alpha value is -0.610. The Morgan fingerprint density at radius 2 is 1.36 bits per heavy atom. The zero-order chi connectivity index (χ0) is 16.7. The van der Waals surface area contributed by atoms with Crippen LogP contribution in [0.1, 0.15) is 91.9 Å². The molecule has 0 spiro atoms. The molecule has 0 unspecified atom stereocenters. The molecule has 0 aliphatic rings. The van der Waals surface area contributed by atoms with Crippen molar-refractivity contribution in [3.8, 4) is 0 Å². The number of ether oxygens (including phenoxy) is 1. The average Bonchev–Trinajstić information content (AvgIpc) is 2.45. The largest absolute Gasteiger partial charge is 0.466 e. The Balaban J connectivity index is 3.13. The van der Waals surface area contributed by atoms with Gasteiger partial charge in [0.2, 0.25) is 0 Å². The van der Waals surface area contributed by atoms with Crippen LogP contribution in [0.5, 0.6) is 0 Å². The lowest BCUT2D eigenvalue weighted by atomic mass is 10.1. The Labute approximate surface area is 136 Å². The van der Waals surface area contributed by atoms with E-state index in [-0.39, 0.29) is 11.6 Å². The minimum Gasteiger partial charge on any atom is -0.466 e. The molecule has 0 aromatic carbocycles. The Morgan fingerprint density at radius 1 is 0.818 bits per heavy atom. The van der Waals surface area contributed by atoms with Gasteiger partial charge in [-0.05, 0) is 40.0 Å². The number of rotatable bonds is 14. The number of esters is 1. The van der Waals surface area contributed by atoms with Crippen LogP contribution in [0.4, 0.5) is 0 Å². The standard InChI is InChI=1S/C18H36O4/c1-5-6-14-17(19)20-15-12-10-8-7-9-11-13-16-21-22-18(2,3)4/h5-16H2,1-4H3. The van der Waals surface area contributed by atoms with Crippen LogP contribution in [0.25, 0.3) is 0 Å². The van der Waals surface area contributed by atoms with Crippen LogP contribution >= 0.6 is 0 Å². The third-order valence-corrected chi connectivity index (χ3v) is 3.18. The molecule has 4 nitrogen and oxygen atoms in total. The minimum atomic E-state index is -0.222. The van der Waals surface area contributed by atoms with Gasteiger partial charge in [0.15, 0.2) is 0 Å². The van der Waals surface area contributed by atoms with Gasteiger partial charge in [-0.15, -0.1) is 0 Å². The summed E-state index contributed by atoms with van der Waals surface area (Å²) in [5.74, 6) is -0.0423. The fraction of sp³-hybridized carbons (Fsp3) is 0.944. The molecule has 0 radical (unpaired) electrons. The second-order valence-corrected chi connectivity index (χ2v) is 6.82. The Morgan fingerprint density at radius 3 is 1.91 bits per heavy atom. The van der Waals surface area contributed by atoms with Crippen LogP contribution in [0, 0.1) is 0 Å². The van der Waals surface area contributed by atoms with Gasteiger partial charge in [-0.2, -0.15) is 0 Å². The minimum absolute atomic E-state index is 0.0423. The molecule has 0 aliphatic heterocycles. The van der Waals surface area contributed by atoms with E-state index in [4.69, 9.17) is 14.5 Å². The summed E-state index contributed by atoms with van der Waals surface area (Å²) in [6.07, 6.45) is 10.6. The van der Waals surface area contributed by atoms with E-state index in [1.165, 1.54) is 25.7 Å². The smallest absolute Gasteiger partial charge is 0.305 e. The van der Waals surface area contributed by atoms with Crippen molar-refractivity contribution < 1.29 is 19.3 Å². The van der Waals surface area contributed by atoms with E-state index in [2.05, 4.69) is 6.92 Å². The van der Waals surface area contributed by atoms with Crippen molar-refractivity contribution in [2.45, 2.75) is 97.5 Å². The molecule has 0 heterocycles. The molecule has 0 amide bonds. The normalized spacial score (nSPS) is 11.6. The molecule has 0 aromatic heterocycles. The predicted molar refractivity (Wildman–Crippen MR) is 89.6 cm³/mol. The second-order valence-electron chi connectivity index (χ2n) is 6.82. The zero-order valence-electron chi connectivity index (χ0n) is 15.1. The Bertz CT molecular complexity index is 258. The van der Waals surface area contributed by atoms with Crippen LogP contribution in [0.3, 0.4) is 0 Å². The van der Waals surface area contributed by atoms with Crippen molar-refractivity contribution in [2.24, 2.45) is 0 Å². The number of carbonyl (C=O) groups excluding carboxylic acids is 1. The first-order valence-corrected chi connectivity index (χ1v) is 8.92. The van der Waals surface area contributed by atoms with Crippen molar-refractivity contribution in [1.82, 2.24) is 0 Å². The molecule has 0 aromatic rings. The van der Waals surface area contributed by atoms with Gasteiger partial charge in [-0.3, -0.25) is 4.79 Å². The summed E-state index contributed by atoms with van der Waals surface area (Å²) in [4.78, 5) is 21.6. The third kappa shape index (κ3) is 17.4. The highest BCUT2D eigenvalue weighted by Gasteiger charge is 2.10. The monoisotopic (exact) mass is 316 g/mol. The lowest BCUT2D eigenvalue weighted by Gasteiger charge is -2.17. The fourth-order valence-electron chi connectivity index (χ4n) is 1.94. The summed E-state index contributed by atoms with van der Waals surface area (Å²) in [7, 11) is 0. The molecule has 0 atom stereocenters. The van der Waals surface area contributed by atoms with Gasteiger partial charge >= 0.3 is 5.97 Å². The van der Waals surface area contributed by atoms with Gasteiger partial charge in [0, 0.05) is 6.42 Å². The van der Waals surface area contributed by atoms with Crippen molar-refractivity contribution in [2.75, 3.05) is 13.2 Å². The summed E-state index contributed by atoms with van der Waals surface area (Å²) in [5.41, 5.74) is -0.222. The number of hydrogen-bond donors (Lipinski definition) is 0. The van der Waals surface area contributed by atoms with E-state index >= 15 is 0 Å². The second kappa shape index (κ2) is 14.0. The highest BCUT2D eigenvalue weighted by Crippen LogP contribution is 2.10. The maximum absolute atomic E-state index is 11.3. The topological polar surface area (TPSA) is 44.8 Å². The molecule has 0 bridgehead atoms. The van der Waals surface area contributed by atoms with E-state index in [1.54, 1.807) is 0 Å². The van der Waals surface area contributed by atoms with Gasteiger partial charge in [0.05, 0.1) is 18.8 Å². The van der Waals surface area contributed by atoms with E-state index < -0.39 is 0 Å². The van der Waals surface area contributed by atoms with E-state index in [0.717, 1.165) is 32.1 Å². The summed E-state index contributed by atoms with van der Waals surface area (Å²) >= 11 is 0. The van der Waals surface area contributed by atoms with Crippen molar-refractivity contribution in [3.05, 3.63) is 0 Å². The molecule has 132 valence electrons. The van der Waals surface area contributed by atoms with Gasteiger partial charge in [-0.1, -0.05) is 45.4 Å². The lowest BCUT2D eigenvalue weighted by Crippen LogP contribution is -2.19. The zero-order valence-corrected chi connectivity index (χ0v) is 15.1. The third-order valence-electron chi connectivity index (χ3n) is 3.18. The van der Waals surface area contributed by atoms with Crippen LogP contribution in [-0.2, 0) is 19.3 Å². The molecule has 0 N–H and O–H groups in total.